The second-order valence-corrected chi connectivity index (χ2v) is 2.45. The van der Waals surface area contributed by atoms with Crippen molar-refractivity contribution < 1.29 is 10.2 Å². The molecule has 0 amide bonds. The van der Waals surface area contributed by atoms with Crippen LogP contribution in [0.25, 0.3) is 0 Å². The normalized spacial score (nSPS) is 9.12. The largest absolute Gasteiger partial charge is 0.512 e. The molecule has 0 saturated heterocycles. The van der Waals surface area contributed by atoms with Gasteiger partial charge in [0.1, 0.15) is 0 Å². The van der Waals surface area contributed by atoms with Crippen molar-refractivity contribution in [1.82, 2.24) is 0 Å². The first-order chi connectivity index (χ1) is 3.77. The predicted octanol–water partition coefficient (Wildman–Crippen LogP) is 0.784. The van der Waals surface area contributed by atoms with Crippen LogP contribution in [0.4, 0.5) is 0 Å². The van der Waals surface area contributed by atoms with E-state index in [-0.39, 0.29) is 12.4 Å². The molecular formula is C5H10O2S. The molecule has 0 aliphatic carbocycles. The molecule has 0 rings (SSSR count). The van der Waals surface area contributed by atoms with Crippen LogP contribution in [0, 0.1) is 0 Å². The molecule has 2 N–H and O–H groups in total. The first-order valence-corrected chi connectivity index (χ1v) is 3.48. The SMILES string of the molecule is C=C(O)CSCCO. The van der Waals surface area contributed by atoms with Crippen LogP contribution in [0.2, 0.25) is 0 Å². The maximum absolute atomic E-state index is 8.48. The summed E-state index contributed by atoms with van der Waals surface area (Å²) in [6.07, 6.45) is 0. The molecule has 0 aromatic carbocycles. The molecule has 48 valence electrons. The highest BCUT2D eigenvalue weighted by Crippen LogP contribution is 2.01. The predicted molar refractivity (Wildman–Crippen MR) is 36.2 cm³/mol. The quantitative estimate of drug-likeness (QED) is 0.441. The highest BCUT2D eigenvalue weighted by molar-refractivity contribution is 7.99. The third kappa shape index (κ3) is 5.85. The van der Waals surface area contributed by atoms with Crippen LogP contribution in [0.1, 0.15) is 0 Å². The first-order valence-electron chi connectivity index (χ1n) is 2.32. The van der Waals surface area contributed by atoms with Gasteiger partial charge in [0.05, 0.1) is 18.1 Å². The summed E-state index contributed by atoms with van der Waals surface area (Å²) in [7, 11) is 0. The Hall–Kier alpha value is -0.150. The van der Waals surface area contributed by atoms with E-state index in [1.165, 1.54) is 11.8 Å². The molecule has 0 aliphatic rings. The van der Waals surface area contributed by atoms with Crippen molar-refractivity contribution >= 4 is 11.8 Å². The zero-order chi connectivity index (χ0) is 6.41. The monoisotopic (exact) mass is 134 g/mol. The van der Waals surface area contributed by atoms with Gasteiger partial charge in [0, 0.05) is 5.75 Å². The lowest BCUT2D eigenvalue weighted by Crippen LogP contribution is -1.89. The average Bonchev–Trinajstić information content (AvgIpc) is 1.66. The van der Waals surface area contributed by atoms with Crippen molar-refractivity contribution in [3.8, 4) is 0 Å². The van der Waals surface area contributed by atoms with E-state index in [9.17, 15) is 0 Å². The molecule has 0 radical (unpaired) electrons. The Bertz CT molecular complexity index is 72.8. The fourth-order valence-corrected chi connectivity index (χ4v) is 0.764. The van der Waals surface area contributed by atoms with E-state index >= 15 is 0 Å². The Balaban J connectivity index is 2.82. The molecule has 3 heteroatoms. The fourth-order valence-electron chi connectivity index (χ4n) is 0.255. The van der Waals surface area contributed by atoms with E-state index in [0.29, 0.717) is 11.5 Å². The van der Waals surface area contributed by atoms with E-state index in [1.54, 1.807) is 0 Å². The molecule has 0 aliphatic heterocycles. The first kappa shape index (κ1) is 7.85. The van der Waals surface area contributed by atoms with Gasteiger partial charge < -0.3 is 10.2 Å². The minimum atomic E-state index is 0.165. The molecule has 8 heavy (non-hydrogen) atoms. The van der Waals surface area contributed by atoms with E-state index < -0.39 is 0 Å². The zero-order valence-corrected chi connectivity index (χ0v) is 5.45. The molecule has 0 unspecified atom stereocenters. The summed E-state index contributed by atoms with van der Waals surface area (Å²) in [6, 6.07) is 0. The third-order valence-corrected chi connectivity index (χ3v) is 1.51. The number of rotatable bonds is 4. The van der Waals surface area contributed by atoms with Crippen LogP contribution >= 0.6 is 11.8 Å². The lowest BCUT2D eigenvalue weighted by atomic mass is 10.7. The van der Waals surface area contributed by atoms with Crippen LogP contribution in [-0.2, 0) is 0 Å². The smallest absolute Gasteiger partial charge is 0.0949 e. The van der Waals surface area contributed by atoms with Gasteiger partial charge in [0.25, 0.3) is 0 Å². The van der Waals surface area contributed by atoms with Gasteiger partial charge in [-0.25, -0.2) is 0 Å². The second-order valence-electron chi connectivity index (χ2n) is 1.34. The standard InChI is InChI=1S/C5H10O2S/c1-5(7)4-8-3-2-6/h6-7H,1-4H2. The van der Waals surface area contributed by atoms with Crippen molar-refractivity contribution in [2.24, 2.45) is 0 Å². The number of aliphatic hydroxyl groups is 2. The summed E-state index contributed by atoms with van der Waals surface area (Å²) in [5.41, 5.74) is 0. The highest BCUT2D eigenvalue weighted by Gasteiger charge is 1.87. The minimum absolute atomic E-state index is 0.165. The summed E-state index contributed by atoms with van der Waals surface area (Å²) in [5, 5.41) is 16.7. The van der Waals surface area contributed by atoms with Crippen LogP contribution in [-0.4, -0.2) is 28.3 Å². The summed E-state index contributed by atoms with van der Waals surface area (Å²) in [6.45, 7) is 3.44. The van der Waals surface area contributed by atoms with Gasteiger partial charge in [-0.3, -0.25) is 0 Å². The Morgan fingerprint density at radius 2 is 2.25 bits per heavy atom. The summed E-state index contributed by atoms with van der Waals surface area (Å²) in [4.78, 5) is 0. The van der Waals surface area contributed by atoms with Gasteiger partial charge in [-0.1, -0.05) is 6.58 Å². The van der Waals surface area contributed by atoms with E-state index in [4.69, 9.17) is 10.2 Å². The van der Waals surface area contributed by atoms with E-state index in [1.807, 2.05) is 0 Å². The molecule has 0 spiro atoms. The maximum Gasteiger partial charge on any atom is 0.0949 e. The van der Waals surface area contributed by atoms with Gasteiger partial charge >= 0.3 is 0 Å². The molecule has 0 atom stereocenters. The third-order valence-electron chi connectivity index (χ3n) is 0.504. The second kappa shape index (κ2) is 5.00. The van der Waals surface area contributed by atoms with Crippen molar-refractivity contribution in [1.29, 1.82) is 0 Å². The van der Waals surface area contributed by atoms with Crippen molar-refractivity contribution in [2.75, 3.05) is 18.1 Å². The molecule has 0 fully saturated rings. The van der Waals surface area contributed by atoms with Crippen LogP contribution in [0.5, 0.6) is 0 Å². The molecule has 0 aromatic rings. The molecule has 0 bridgehead atoms. The Labute approximate surface area is 53.2 Å². The van der Waals surface area contributed by atoms with Crippen LogP contribution in [0.3, 0.4) is 0 Å². The number of aliphatic hydroxyl groups excluding tert-OH is 2. The summed E-state index contributed by atoms with van der Waals surface area (Å²) >= 11 is 1.46. The summed E-state index contributed by atoms with van der Waals surface area (Å²) < 4.78 is 0. The van der Waals surface area contributed by atoms with Gasteiger partial charge in [0.15, 0.2) is 0 Å². The van der Waals surface area contributed by atoms with E-state index in [2.05, 4.69) is 6.58 Å². The van der Waals surface area contributed by atoms with Crippen molar-refractivity contribution in [3.63, 3.8) is 0 Å². The molecular weight excluding hydrogens is 124 g/mol. The van der Waals surface area contributed by atoms with Crippen LogP contribution in [0.15, 0.2) is 12.3 Å². The Kier molecular flexibility index (Phi) is 4.90. The van der Waals surface area contributed by atoms with Crippen LogP contribution < -0.4 is 0 Å². The lowest BCUT2D eigenvalue weighted by molar-refractivity contribution is 0.322. The minimum Gasteiger partial charge on any atom is -0.512 e. The topological polar surface area (TPSA) is 40.5 Å². The van der Waals surface area contributed by atoms with Gasteiger partial charge in [0.2, 0.25) is 0 Å². The fraction of sp³-hybridized carbons (Fsp3) is 0.600. The molecule has 0 saturated carbocycles. The van der Waals surface area contributed by atoms with Gasteiger partial charge in [-0.2, -0.15) is 11.8 Å². The molecule has 0 aromatic heterocycles. The highest BCUT2D eigenvalue weighted by atomic mass is 32.2. The lowest BCUT2D eigenvalue weighted by Gasteiger charge is -1.94. The zero-order valence-electron chi connectivity index (χ0n) is 4.63. The number of hydrogen-bond donors (Lipinski definition) is 2. The number of thioether (sulfide) groups is 1. The van der Waals surface area contributed by atoms with Crippen molar-refractivity contribution in [2.45, 2.75) is 0 Å². The maximum atomic E-state index is 8.48. The Morgan fingerprint density at radius 1 is 1.62 bits per heavy atom. The van der Waals surface area contributed by atoms with E-state index in [0.717, 1.165) is 0 Å². The molecule has 2 nitrogen and oxygen atoms in total. The van der Waals surface area contributed by atoms with Crippen molar-refractivity contribution in [3.05, 3.63) is 12.3 Å². The van der Waals surface area contributed by atoms with Gasteiger partial charge in [-0.15, -0.1) is 0 Å². The van der Waals surface area contributed by atoms with Gasteiger partial charge in [-0.05, 0) is 0 Å². The Morgan fingerprint density at radius 3 is 2.62 bits per heavy atom. The number of hydrogen-bond acceptors (Lipinski definition) is 3. The molecule has 0 heterocycles. The summed E-state index contributed by atoms with van der Waals surface area (Å²) in [5.74, 6) is 1.36. The average molecular weight is 134 g/mol.